The molecule has 3 rings (SSSR count). The first-order chi connectivity index (χ1) is 8.84. The molecule has 1 aliphatic heterocycles. The molecule has 3 heterocycles. The van der Waals surface area contributed by atoms with Crippen molar-refractivity contribution in [2.24, 2.45) is 0 Å². The average molecular weight is 245 g/mol. The van der Waals surface area contributed by atoms with Crippen LogP contribution in [0.4, 0.5) is 0 Å². The van der Waals surface area contributed by atoms with Crippen LogP contribution in [-0.2, 0) is 0 Å². The highest BCUT2D eigenvalue weighted by Crippen LogP contribution is 2.22. The Morgan fingerprint density at radius 2 is 2.44 bits per heavy atom. The lowest BCUT2D eigenvalue weighted by atomic mass is 10.0. The number of piperidine rings is 1. The summed E-state index contributed by atoms with van der Waals surface area (Å²) in [4.78, 5) is 18.2. The first kappa shape index (κ1) is 11.1. The van der Waals surface area contributed by atoms with Gasteiger partial charge in [-0.3, -0.25) is 4.79 Å². The first-order valence-corrected chi connectivity index (χ1v) is 6.13. The summed E-state index contributed by atoms with van der Waals surface area (Å²) in [7, 11) is 0. The molecule has 0 bridgehead atoms. The third-order valence-electron chi connectivity index (χ3n) is 3.40. The lowest BCUT2D eigenvalue weighted by Gasteiger charge is -2.33. The monoisotopic (exact) mass is 245 g/mol. The molecule has 0 spiro atoms. The fourth-order valence-corrected chi connectivity index (χ4v) is 2.44. The van der Waals surface area contributed by atoms with Crippen LogP contribution in [0, 0.1) is 0 Å². The number of hydrogen-bond acceptors (Lipinski definition) is 3. The SMILES string of the molecule is O=C(c1ccoc1)N1CCC[C@H](n2ccnc2)C1. The Hall–Kier alpha value is -2.04. The number of nitrogens with zero attached hydrogens (tertiary/aromatic N) is 3. The summed E-state index contributed by atoms with van der Waals surface area (Å²) < 4.78 is 7.04. The van der Waals surface area contributed by atoms with Crippen molar-refractivity contribution in [3.8, 4) is 0 Å². The summed E-state index contributed by atoms with van der Waals surface area (Å²) >= 11 is 0. The molecule has 2 aromatic heterocycles. The van der Waals surface area contributed by atoms with Crippen LogP contribution in [0.1, 0.15) is 29.2 Å². The van der Waals surface area contributed by atoms with Crippen molar-refractivity contribution in [2.75, 3.05) is 13.1 Å². The normalized spacial score (nSPS) is 20.0. The molecule has 94 valence electrons. The van der Waals surface area contributed by atoms with E-state index in [1.165, 1.54) is 12.5 Å². The van der Waals surface area contributed by atoms with E-state index in [4.69, 9.17) is 4.42 Å². The molecule has 0 aromatic carbocycles. The van der Waals surface area contributed by atoms with Crippen LogP contribution >= 0.6 is 0 Å². The molecule has 2 aromatic rings. The highest BCUT2D eigenvalue weighted by atomic mass is 16.3. The molecule has 0 unspecified atom stereocenters. The Bertz CT molecular complexity index is 504. The number of rotatable bonds is 2. The highest BCUT2D eigenvalue weighted by molar-refractivity contribution is 5.93. The van der Waals surface area contributed by atoms with Crippen LogP contribution in [0.25, 0.3) is 0 Å². The van der Waals surface area contributed by atoms with Gasteiger partial charge in [-0.1, -0.05) is 0 Å². The van der Waals surface area contributed by atoms with E-state index in [2.05, 4.69) is 9.55 Å². The van der Waals surface area contributed by atoms with Crippen molar-refractivity contribution < 1.29 is 9.21 Å². The second kappa shape index (κ2) is 4.68. The van der Waals surface area contributed by atoms with Gasteiger partial charge in [-0.25, -0.2) is 4.98 Å². The van der Waals surface area contributed by atoms with Gasteiger partial charge in [0.25, 0.3) is 5.91 Å². The smallest absolute Gasteiger partial charge is 0.257 e. The zero-order valence-corrected chi connectivity index (χ0v) is 10.0. The summed E-state index contributed by atoms with van der Waals surface area (Å²) in [5, 5.41) is 0. The number of carbonyl (C=O) groups is 1. The number of carbonyl (C=O) groups excluding carboxylic acids is 1. The molecular formula is C13H15N3O2. The lowest BCUT2D eigenvalue weighted by Crippen LogP contribution is -2.40. The van der Waals surface area contributed by atoms with Gasteiger partial charge in [-0.15, -0.1) is 0 Å². The quantitative estimate of drug-likeness (QED) is 0.812. The Kier molecular flexibility index (Phi) is 2.88. The second-order valence-corrected chi connectivity index (χ2v) is 4.57. The van der Waals surface area contributed by atoms with E-state index in [0.29, 0.717) is 11.6 Å². The standard InChI is InChI=1S/C13H15N3O2/c17-13(11-3-7-18-9-11)15-5-1-2-12(8-15)16-6-4-14-10-16/h3-4,6-7,9-10,12H,1-2,5,8H2/t12-/m0/s1. The highest BCUT2D eigenvalue weighted by Gasteiger charge is 2.25. The molecule has 1 fully saturated rings. The van der Waals surface area contributed by atoms with Gasteiger partial charge in [-0.05, 0) is 18.9 Å². The van der Waals surface area contributed by atoms with E-state index in [1.54, 1.807) is 12.3 Å². The van der Waals surface area contributed by atoms with E-state index >= 15 is 0 Å². The molecule has 0 radical (unpaired) electrons. The Labute approximate surface area is 105 Å². The molecule has 5 heteroatoms. The van der Waals surface area contributed by atoms with E-state index in [9.17, 15) is 4.79 Å². The lowest BCUT2D eigenvalue weighted by molar-refractivity contribution is 0.0678. The molecule has 1 aliphatic rings. The fourth-order valence-electron chi connectivity index (χ4n) is 2.44. The van der Waals surface area contributed by atoms with Crippen molar-refractivity contribution in [2.45, 2.75) is 18.9 Å². The second-order valence-electron chi connectivity index (χ2n) is 4.57. The molecule has 5 nitrogen and oxygen atoms in total. The maximum absolute atomic E-state index is 12.2. The minimum Gasteiger partial charge on any atom is -0.472 e. The summed E-state index contributed by atoms with van der Waals surface area (Å²) in [5.74, 6) is 0.0496. The summed E-state index contributed by atoms with van der Waals surface area (Å²) in [6.45, 7) is 1.55. The third kappa shape index (κ3) is 2.03. The zero-order valence-electron chi connectivity index (χ0n) is 10.0. The number of likely N-dealkylation sites (tertiary alicyclic amines) is 1. The minimum absolute atomic E-state index is 0.0496. The van der Waals surface area contributed by atoms with E-state index in [-0.39, 0.29) is 5.91 Å². The molecular weight excluding hydrogens is 230 g/mol. The molecule has 0 aliphatic carbocycles. The number of furan rings is 1. The summed E-state index contributed by atoms with van der Waals surface area (Å²) in [5.41, 5.74) is 0.626. The van der Waals surface area contributed by atoms with Crippen LogP contribution in [0.3, 0.4) is 0 Å². The molecule has 0 N–H and O–H groups in total. The minimum atomic E-state index is 0.0496. The van der Waals surface area contributed by atoms with Gasteiger partial charge in [0, 0.05) is 25.5 Å². The van der Waals surface area contributed by atoms with Crippen molar-refractivity contribution in [3.63, 3.8) is 0 Å². The summed E-state index contributed by atoms with van der Waals surface area (Å²) in [6, 6.07) is 2.04. The van der Waals surface area contributed by atoms with E-state index in [1.807, 2.05) is 17.4 Å². The van der Waals surface area contributed by atoms with Crippen molar-refractivity contribution in [1.82, 2.24) is 14.5 Å². The van der Waals surface area contributed by atoms with E-state index in [0.717, 1.165) is 25.9 Å². The van der Waals surface area contributed by atoms with Crippen LogP contribution in [0.5, 0.6) is 0 Å². The first-order valence-electron chi connectivity index (χ1n) is 6.13. The number of imidazole rings is 1. The average Bonchev–Trinajstić information content (AvgIpc) is 3.11. The predicted octanol–water partition coefficient (Wildman–Crippen LogP) is 1.95. The predicted molar refractivity (Wildman–Crippen MR) is 65.1 cm³/mol. The van der Waals surface area contributed by atoms with E-state index < -0.39 is 0 Å². The summed E-state index contributed by atoms with van der Waals surface area (Å²) in [6.07, 6.45) is 10.7. The van der Waals surface area contributed by atoms with Crippen LogP contribution in [0.15, 0.2) is 41.7 Å². The van der Waals surface area contributed by atoms with Crippen LogP contribution in [-0.4, -0.2) is 33.4 Å². The number of amides is 1. The van der Waals surface area contributed by atoms with Gasteiger partial charge < -0.3 is 13.9 Å². The maximum Gasteiger partial charge on any atom is 0.257 e. The largest absolute Gasteiger partial charge is 0.472 e. The number of aromatic nitrogens is 2. The van der Waals surface area contributed by atoms with Gasteiger partial charge in [-0.2, -0.15) is 0 Å². The number of hydrogen-bond donors (Lipinski definition) is 0. The molecule has 1 amide bonds. The topological polar surface area (TPSA) is 51.3 Å². The van der Waals surface area contributed by atoms with Crippen LogP contribution < -0.4 is 0 Å². The molecule has 18 heavy (non-hydrogen) atoms. The van der Waals surface area contributed by atoms with Gasteiger partial charge in [0.05, 0.1) is 24.2 Å². The molecule has 0 saturated carbocycles. The maximum atomic E-state index is 12.2. The molecule has 1 saturated heterocycles. The Morgan fingerprint density at radius 1 is 1.50 bits per heavy atom. The Balaban J connectivity index is 1.73. The van der Waals surface area contributed by atoms with Gasteiger partial charge >= 0.3 is 0 Å². The zero-order chi connectivity index (χ0) is 12.4. The van der Waals surface area contributed by atoms with Gasteiger partial charge in [0.15, 0.2) is 0 Å². The fraction of sp³-hybridized carbons (Fsp3) is 0.385. The van der Waals surface area contributed by atoms with Gasteiger partial charge in [0.2, 0.25) is 0 Å². The van der Waals surface area contributed by atoms with Gasteiger partial charge in [0.1, 0.15) is 6.26 Å². The molecule has 1 atom stereocenters. The van der Waals surface area contributed by atoms with Crippen LogP contribution in [0.2, 0.25) is 0 Å². The van der Waals surface area contributed by atoms with Crippen molar-refractivity contribution in [1.29, 1.82) is 0 Å². The van der Waals surface area contributed by atoms with Crippen molar-refractivity contribution >= 4 is 5.91 Å². The van der Waals surface area contributed by atoms with Crippen molar-refractivity contribution in [3.05, 3.63) is 42.9 Å². The third-order valence-corrected chi connectivity index (χ3v) is 3.40. The Morgan fingerprint density at radius 3 is 3.17 bits per heavy atom.